The van der Waals surface area contributed by atoms with Crippen LogP contribution >= 0.6 is 22.6 Å². The van der Waals surface area contributed by atoms with Gasteiger partial charge in [-0.2, -0.15) is 0 Å². The highest BCUT2D eigenvalue weighted by Crippen LogP contribution is 2.33. The van der Waals surface area contributed by atoms with Crippen LogP contribution in [-0.2, 0) is 0 Å². The van der Waals surface area contributed by atoms with Gasteiger partial charge in [0.2, 0.25) is 0 Å². The second-order valence-electron chi connectivity index (χ2n) is 4.33. The zero-order valence-electron chi connectivity index (χ0n) is 9.49. The topological polar surface area (TPSA) is 0 Å². The molecule has 84 valence electrons. The summed E-state index contributed by atoms with van der Waals surface area (Å²) < 4.78 is 1.45. The van der Waals surface area contributed by atoms with Crippen LogP contribution in [-0.4, -0.2) is 0 Å². The molecular formula is C16H13I. The fourth-order valence-corrected chi connectivity index (χ4v) is 2.79. The minimum absolute atomic E-state index is 1.16. The summed E-state index contributed by atoms with van der Waals surface area (Å²) in [6.45, 7) is 0. The predicted molar refractivity (Wildman–Crippen MR) is 83.3 cm³/mol. The molecule has 0 amide bonds. The van der Waals surface area contributed by atoms with Gasteiger partial charge in [-0.3, -0.25) is 0 Å². The molecule has 0 N–H and O–H groups in total. The summed E-state index contributed by atoms with van der Waals surface area (Å²) in [6, 6.07) is 15.2. The number of allylic oxidation sites excluding steroid dienone is 4. The molecule has 0 aliphatic heterocycles. The minimum Gasteiger partial charge on any atom is -0.0616 e. The van der Waals surface area contributed by atoms with Gasteiger partial charge in [0, 0.05) is 0 Å². The Morgan fingerprint density at radius 2 is 1.65 bits per heavy atom. The Morgan fingerprint density at radius 3 is 2.47 bits per heavy atom. The molecule has 0 atom stereocenters. The van der Waals surface area contributed by atoms with Crippen LogP contribution < -0.4 is 0 Å². The zero-order chi connectivity index (χ0) is 11.7. The Labute approximate surface area is 115 Å². The van der Waals surface area contributed by atoms with E-state index in [0.717, 1.165) is 6.42 Å². The molecule has 0 heterocycles. The molecule has 0 spiro atoms. The zero-order valence-corrected chi connectivity index (χ0v) is 11.6. The third-order valence-corrected chi connectivity index (χ3v) is 4.13. The first kappa shape index (κ1) is 11.0. The summed E-state index contributed by atoms with van der Waals surface area (Å²) in [5.41, 5.74) is 2.85. The Morgan fingerprint density at radius 1 is 0.824 bits per heavy atom. The molecule has 0 radical (unpaired) electrons. The van der Waals surface area contributed by atoms with Crippen molar-refractivity contribution in [2.75, 3.05) is 0 Å². The van der Waals surface area contributed by atoms with E-state index in [-0.39, 0.29) is 0 Å². The number of hydrogen-bond donors (Lipinski definition) is 0. The van der Waals surface area contributed by atoms with Crippen LogP contribution in [0, 0.1) is 0 Å². The smallest absolute Gasteiger partial charge is 0.00906 e. The molecule has 1 aliphatic rings. The lowest BCUT2D eigenvalue weighted by Crippen LogP contribution is -1.91. The molecule has 2 aromatic carbocycles. The SMILES string of the molecule is IC1=CC=C(c2cccc3ccccc23)CC1. The average Bonchev–Trinajstić information content (AvgIpc) is 2.39. The van der Waals surface area contributed by atoms with E-state index in [1.54, 1.807) is 0 Å². The van der Waals surface area contributed by atoms with E-state index in [2.05, 4.69) is 77.2 Å². The van der Waals surface area contributed by atoms with E-state index in [4.69, 9.17) is 0 Å². The molecule has 0 bridgehead atoms. The van der Waals surface area contributed by atoms with Gasteiger partial charge in [0.1, 0.15) is 0 Å². The average molecular weight is 332 g/mol. The first-order valence-electron chi connectivity index (χ1n) is 5.88. The van der Waals surface area contributed by atoms with Gasteiger partial charge in [0.05, 0.1) is 0 Å². The molecule has 0 saturated carbocycles. The van der Waals surface area contributed by atoms with Crippen molar-refractivity contribution in [3.63, 3.8) is 0 Å². The number of hydrogen-bond acceptors (Lipinski definition) is 0. The molecular weight excluding hydrogens is 319 g/mol. The summed E-state index contributed by atoms with van der Waals surface area (Å²) in [7, 11) is 0. The van der Waals surface area contributed by atoms with Gasteiger partial charge in [0.15, 0.2) is 0 Å². The summed E-state index contributed by atoms with van der Waals surface area (Å²) in [4.78, 5) is 0. The van der Waals surface area contributed by atoms with Crippen molar-refractivity contribution in [1.29, 1.82) is 0 Å². The van der Waals surface area contributed by atoms with Crippen molar-refractivity contribution in [3.05, 3.63) is 63.8 Å². The second kappa shape index (κ2) is 4.65. The van der Waals surface area contributed by atoms with Gasteiger partial charge in [0.25, 0.3) is 0 Å². The largest absolute Gasteiger partial charge is 0.0616 e. The molecule has 1 heteroatoms. The van der Waals surface area contributed by atoms with Gasteiger partial charge in [-0.05, 0) is 60.9 Å². The fraction of sp³-hybridized carbons (Fsp3) is 0.125. The van der Waals surface area contributed by atoms with Crippen molar-refractivity contribution < 1.29 is 0 Å². The van der Waals surface area contributed by atoms with Crippen LogP contribution in [0.1, 0.15) is 18.4 Å². The molecule has 0 saturated heterocycles. The molecule has 3 rings (SSSR count). The molecule has 0 fully saturated rings. The van der Waals surface area contributed by atoms with Crippen LogP contribution in [0.4, 0.5) is 0 Å². The van der Waals surface area contributed by atoms with Crippen molar-refractivity contribution in [2.45, 2.75) is 12.8 Å². The lowest BCUT2D eigenvalue weighted by molar-refractivity contribution is 1.05. The maximum Gasteiger partial charge on any atom is -0.00906 e. The molecule has 2 aromatic rings. The van der Waals surface area contributed by atoms with E-state index in [0.29, 0.717) is 0 Å². The lowest BCUT2D eigenvalue weighted by atomic mass is 9.93. The van der Waals surface area contributed by atoms with Crippen molar-refractivity contribution in [1.82, 2.24) is 0 Å². The van der Waals surface area contributed by atoms with Crippen LogP contribution in [0.3, 0.4) is 0 Å². The van der Waals surface area contributed by atoms with Crippen LogP contribution in [0.15, 0.2) is 58.2 Å². The van der Waals surface area contributed by atoms with Crippen molar-refractivity contribution >= 4 is 38.9 Å². The highest BCUT2D eigenvalue weighted by molar-refractivity contribution is 14.1. The summed E-state index contributed by atoms with van der Waals surface area (Å²) in [5, 5.41) is 2.70. The van der Waals surface area contributed by atoms with Gasteiger partial charge in [-0.25, -0.2) is 0 Å². The summed E-state index contributed by atoms with van der Waals surface area (Å²) in [6.07, 6.45) is 6.84. The molecule has 0 unspecified atom stereocenters. The molecule has 1 aliphatic carbocycles. The van der Waals surface area contributed by atoms with Crippen molar-refractivity contribution in [2.24, 2.45) is 0 Å². The quantitative estimate of drug-likeness (QED) is 0.619. The Hall–Kier alpha value is -1.09. The highest BCUT2D eigenvalue weighted by atomic mass is 127. The summed E-state index contributed by atoms with van der Waals surface area (Å²) >= 11 is 2.42. The second-order valence-corrected chi connectivity index (χ2v) is 5.72. The van der Waals surface area contributed by atoms with E-state index >= 15 is 0 Å². The number of fused-ring (bicyclic) bond motifs is 1. The predicted octanol–water partition coefficient (Wildman–Crippen LogP) is 5.34. The van der Waals surface area contributed by atoms with Crippen LogP contribution in [0.2, 0.25) is 0 Å². The van der Waals surface area contributed by atoms with Gasteiger partial charge in [-0.1, -0.05) is 54.6 Å². The monoisotopic (exact) mass is 332 g/mol. The van der Waals surface area contributed by atoms with E-state index in [9.17, 15) is 0 Å². The highest BCUT2D eigenvalue weighted by Gasteiger charge is 2.09. The maximum atomic E-state index is 2.42. The normalized spacial score (nSPS) is 15.6. The van der Waals surface area contributed by atoms with Crippen LogP contribution in [0.5, 0.6) is 0 Å². The first-order valence-corrected chi connectivity index (χ1v) is 6.96. The Balaban J connectivity index is 2.18. The number of benzene rings is 2. The van der Waals surface area contributed by atoms with Gasteiger partial charge >= 0.3 is 0 Å². The van der Waals surface area contributed by atoms with Crippen molar-refractivity contribution in [3.8, 4) is 0 Å². The van der Waals surface area contributed by atoms with E-state index < -0.39 is 0 Å². The minimum atomic E-state index is 1.16. The lowest BCUT2D eigenvalue weighted by Gasteiger charge is -2.13. The molecule has 0 aromatic heterocycles. The third kappa shape index (κ3) is 2.16. The van der Waals surface area contributed by atoms with Gasteiger partial charge < -0.3 is 0 Å². The third-order valence-electron chi connectivity index (χ3n) is 3.23. The molecule has 17 heavy (non-hydrogen) atoms. The fourth-order valence-electron chi connectivity index (χ4n) is 2.34. The van der Waals surface area contributed by atoms with Gasteiger partial charge in [-0.15, -0.1) is 0 Å². The number of rotatable bonds is 1. The Kier molecular flexibility index (Phi) is 3.02. The molecule has 0 nitrogen and oxygen atoms in total. The van der Waals surface area contributed by atoms with E-state index in [1.807, 2.05) is 0 Å². The number of halogens is 1. The maximum absolute atomic E-state index is 2.42. The van der Waals surface area contributed by atoms with E-state index in [1.165, 1.54) is 31.9 Å². The first-order chi connectivity index (χ1) is 8.34. The standard InChI is InChI=1S/C16H13I/c17-14-10-8-13(9-11-14)16-7-3-5-12-4-1-2-6-15(12)16/h1-8,10H,9,11H2. The Bertz CT molecular complexity index is 615. The van der Waals surface area contributed by atoms with Crippen LogP contribution in [0.25, 0.3) is 16.3 Å². The summed E-state index contributed by atoms with van der Waals surface area (Å²) in [5.74, 6) is 0.